The lowest BCUT2D eigenvalue weighted by Gasteiger charge is -2.16. The number of alkyl halides is 3. The second-order valence-electron chi connectivity index (χ2n) is 7.74. The molecule has 1 N–H and O–H groups in total. The molecule has 1 saturated heterocycles. The van der Waals surface area contributed by atoms with Gasteiger partial charge in [-0.25, -0.2) is 0 Å². The number of aromatic nitrogens is 1. The van der Waals surface area contributed by atoms with E-state index in [-0.39, 0.29) is 41.8 Å². The van der Waals surface area contributed by atoms with Crippen LogP contribution >= 0.6 is 46.4 Å². The number of nitrogens with zero attached hydrogens (tertiary/aromatic N) is 1. The highest BCUT2D eigenvalue weighted by atomic mass is 35.6. The van der Waals surface area contributed by atoms with Crippen LogP contribution in [0.2, 0.25) is 5.02 Å². The molecule has 0 radical (unpaired) electrons. The zero-order valence-electron chi connectivity index (χ0n) is 16.9. The van der Waals surface area contributed by atoms with E-state index in [1.165, 1.54) is 17.2 Å². The van der Waals surface area contributed by atoms with E-state index in [0.717, 1.165) is 0 Å². The van der Waals surface area contributed by atoms with Crippen molar-refractivity contribution in [3.05, 3.63) is 82.2 Å². The van der Waals surface area contributed by atoms with Gasteiger partial charge in [0.15, 0.2) is 5.78 Å². The maximum Gasteiger partial charge on any atom is 0.254 e. The van der Waals surface area contributed by atoms with Crippen LogP contribution in [0.4, 0.5) is 0 Å². The summed E-state index contributed by atoms with van der Waals surface area (Å²) in [5.74, 6) is -2.50. The SMILES string of the molecule is O=C(Cc1ccc(CN2C(=O)C3C=CC=CC3C2=O)c(Cl)c1)c1c[nH]c(C(=O)C(Cl)(Cl)Cl)c1. The van der Waals surface area contributed by atoms with E-state index < -0.39 is 21.4 Å². The van der Waals surface area contributed by atoms with Crippen LogP contribution in [0, 0.1) is 11.8 Å². The minimum atomic E-state index is -2.13. The Morgan fingerprint density at radius 3 is 2.21 bits per heavy atom. The van der Waals surface area contributed by atoms with Crippen LogP contribution in [-0.2, 0) is 22.6 Å². The minimum absolute atomic E-state index is 0.0111. The number of carbonyl (C=O) groups excluding carboxylic acids is 4. The van der Waals surface area contributed by atoms with Gasteiger partial charge in [0.25, 0.3) is 3.79 Å². The van der Waals surface area contributed by atoms with Gasteiger partial charge in [0, 0.05) is 23.2 Å². The molecule has 1 aliphatic heterocycles. The van der Waals surface area contributed by atoms with E-state index in [2.05, 4.69) is 4.98 Å². The lowest BCUT2D eigenvalue weighted by Crippen LogP contribution is -2.30. The fraction of sp³-hybridized carbons (Fsp3) is 0.217. The third-order valence-corrected chi connectivity index (χ3v) is 6.42. The molecule has 2 unspecified atom stereocenters. The first-order valence-corrected chi connectivity index (χ1v) is 11.4. The number of allylic oxidation sites excluding steroid dienone is 2. The maximum absolute atomic E-state index is 12.6. The predicted octanol–water partition coefficient (Wildman–Crippen LogP) is 4.87. The second-order valence-corrected chi connectivity index (χ2v) is 10.4. The number of halogens is 4. The molecule has 1 aromatic carbocycles. The smallest absolute Gasteiger partial charge is 0.254 e. The fourth-order valence-electron chi connectivity index (χ4n) is 3.83. The van der Waals surface area contributed by atoms with Crippen molar-refractivity contribution in [1.29, 1.82) is 0 Å². The molecule has 10 heteroatoms. The maximum atomic E-state index is 12.6. The summed E-state index contributed by atoms with van der Waals surface area (Å²) in [5, 5.41) is 0.336. The number of hydrogen-bond acceptors (Lipinski definition) is 4. The number of amides is 2. The molecular formula is C23H16Cl4N2O4. The molecule has 0 bridgehead atoms. The number of nitrogens with one attached hydrogen (secondary N) is 1. The summed E-state index contributed by atoms with van der Waals surface area (Å²) in [6.45, 7) is 0.0553. The average Bonchev–Trinajstić information content (AvgIpc) is 3.34. The van der Waals surface area contributed by atoms with Crippen molar-refractivity contribution in [1.82, 2.24) is 9.88 Å². The molecule has 2 amide bonds. The number of fused-ring (bicyclic) bond motifs is 1. The Labute approximate surface area is 209 Å². The number of H-pyrrole nitrogens is 1. The molecule has 2 heterocycles. The van der Waals surface area contributed by atoms with Crippen molar-refractivity contribution in [2.24, 2.45) is 11.8 Å². The number of aromatic amines is 1. The largest absolute Gasteiger partial charge is 0.358 e. The summed E-state index contributed by atoms with van der Waals surface area (Å²) in [6.07, 6.45) is 8.36. The van der Waals surface area contributed by atoms with Gasteiger partial charge in [0.1, 0.15) is 0 Å². The van der Waals surface area contributed by atoms with Gasteiger partial charge in [-0.1, -0.05) is 82.8 Å². The standard InChI is InChI=1S/C23H16Cl4N2O4/c24-17-7-12(8-19(30)14-9-18(28-10-14)20(31)23(25,26)27)5-6-13(17)11-29-21(32)15-3-1-2-4-16(15)22(29)33/h1-7,9-10,15-16,28H,8,11H2. The van der Waals surface area contributed by atoms with E-state index in [4.69, 9.17) is 46.4 Å². The van der Waals surface area contributed by atoms with Crippen LogP contribution in [0.15, 0.2) is 54.8 Å². The molecule has 1 aromatic heterocycles. The van der Waals surface area contributed by atoms with Gasteiger partial charge in [0.2, 0.25) is 17.6 Å². The Balaban J connectivity index is 1.45. The number of imide groups is 1. The Hall–Kier alpha value is -2.38. The number of likely N-dealkylation sites (tertiary alicyclic amines) is 1. The van der Waals surface area contributed by atoms with E-state index in [9.17, 15) is 19.2 Å². The van der Waals surface area contributed by atoms with Gasteiger partial charge in [-0.05, 0) is 23.3 Å². The third kappa shape index (κ3) is 4.80. The Morgan fingerprint density at radius 1 is 1.00 bits per heavy atom. The number of hydrogen-bond donors (Lipinski definition) is 1. The van der Waals surface area contributed by atoms with Crippen molar-refractivity contribution < 1.29 is 19.2 Å². The third-order valence-electron chi connectivity index (χ3n) is 5.55. The molecule has 2 aliphatic rings. The number of carbonyl (C=O) groups is 4. The van der Waals surface area contributed by atoms with Crippen LogP contribution in [0.3, 0.4) is 0 Å². The molecule has 33 heavy (non-hydrogen) atoms. The molecule has 2 atom stereocenters. The highest BCUT2D eigenvalue weighted by molar-refractivity contribution is 6.77. The molecule has 170 valence electrons. The molecule has 6 nitrogen and oxygen atoms in total. The zero-order valence-corrected chi connectivity index (χ0v) is 19.9. The Bertz CT molecular complexity index is 1200. The lowest BCUT2D eigenvalue weighted by atomic mass is 9.91. The predicted molar refractivity (Wildman–Crippen MR) is 126 cm³/mol. The molecule has 0 spiro atoms. The van der Waals surface area contributed by atoms with Crippen molar-refractivity contribution in [2.75, 3.05) is 0 Å². The van der Waals surface area contributed by atoms with Crippen molar-refractivity contribution in [3.8, 4) is 0 Å². The van der Waals surface area contributed by atoms with Crippen LogP contribution in [-0.4, -0.2) is 37.1 Å². The first-order valence-electron chi connectivity index (χ1n) is 9.87. The lowest BCUT2D eigenvalue weighted by molar-refractivity contribution is -0.140. The summed E-state index contributed by atoms with van der Waals surface area (Å²) in [6, 6.07) is 6.34. The first-order chi connectivity index (χ1) is 15.6. The minimum Gasteiger partial charge on any atom is -0.358 e. The van der Waals surface area contributed by atoms with Gasteiger partial charge in [-0.3, -0.25) is 24.1 Å². The zero-order chi connectivity index (χ0) is 23.9. The van der Waals surface area contributed by atoms with Crippen LogP contribution in [0.1, 0.15) is 32.0 Å². The molecule has 2 aromatic rings. The monoisotopic (exact) mass is 524 g/mol. The van der Waals surface area contributed by atoms with Gasteiger partial charge in [-0.2, -0.15) is 0 Å². The summed E-state index contributed by atoms with van der Waals surface area (Å²) in [5.41, 5.74) is 1.49. The topological polar surface area (TPSA) is 87.3 Å². The number of benzene rings is 1. The van der Waals surface area contributed by atoms with Gasteiger partial charge >= 0.3 is 0 Å². The van der Waals surface area contributed by atoms with E-state index in [1.54, 1.807) is 42.5 Å². The summed E-state index contributed by atoms with van der Waals surface area (Å²) < 4.78 is -2.13. The van der Waals surface area contributed by atoms with Crippen molar-refractivity contribution in [3.63, 3.8) is 0 Å². The molecule has 4 rings (SSSR count). The molecular weight excluding hydrogens is 510 g/mol. The average molecular weight is 526 g/mol. The first kappa shape index (κ1) is 23.8. The molecule has 0 saturated carbocycles. The van der Waals surface area contributed by atoms with Gasteiger partial charge < -0.3 is 4.98 Å². The quantitative estimate of drug-likeness (QED) is 0.331. The normalized spacial score (nSPS) is 19.8. The molecule has 1 fully saturated rings. The molecule has 1 aliphatic carbocycles. The summed E-state index contributed by atoms with van der Waals surface area (Å²) in [7, 11) is 0. The number of rotatable bonds is 6. The number of ketones is 2. The highest BCUT2D eigenvalue weighted by Gasteiger charge is 2.45. The van der Waals surface area contributed by atoms with E-state index in [0.29, 0.717) is 16.1 Å². The Kier molecular flexibility index (Phi) is 6.56. The fourth-order valence-corrected chi connectivity index (χ4v) is 4.40. The number of Topliss-reactive ketones (excluding diaryl/α,β-unsaturated/α-hetero) is 2. The highest BCUT2D eigenvalue weighted by Crippen LogP contribution is 2.33. The van der Waals surface area contributed by atoms with Crippen LogP contribution in [0.5, 0.6) is 0 Å². The van der Waals surface area contributed by atoms with E-state index >= 15 is 0 Å². The van der Waals surface area contributed by atoms with E-state index in [1.807, 2.05) is 0 Å². The second kappa shape index (κ2) is 9.11. The van der Waals surface area contributed by atoms with Crippen molar-refractivity contribution in [2.45, 2.75) is 16.8 Å². The summed E-state index contributed by atoms with van der Waals surface area (Å²) in [4.78, 5) is 53.7. The van der Waals surface area contributed by atoms with Gasteiger partial charge in [0.05, 0.1) is 24.1 Å². The van der Waals surface area contributed by atoms with Crippen molar-refractivity contribution >= 4 is 69.8 Å². The van der Waals surface area contributed by atoms with Crippen LogP contribution < -0.4 is 0 Å². The van der Waals surface area contributed by atoms with Crippen LogP contribution in [0.25, 0.3) is 0 Å². The Morgan fingerprint density at radius 2 is 1.64 bits per heavy atom. The van der Waals surface area contributed by atoms with Gasteiger partial charge in [-0.15, -0.1) is 0 Å². The summed E-state index contributed by atoms with van der Waals surface area (Å²) >= 11 is 23.2.